The highest BCUT2D eigenvalue weighted by molar-refractivity contribution is 5.79. The zero-order valence-corrected chi connectivity index (χ0v) is 12.5. The van der Waals surface area contributed by atoms with Crippen LogP contribution in [-0.2, 0) is 4.74 Å². The molecule has 3 nitrogen and oxygen atoms in total. The first-order chi connectivity index (χ1) is 10.4. The minimum Gasteiger partial charge on any atom is -0.501 e. The van der Waals surface area contributed by atoms with E-state index in [-0.39, 0.29) is 6.04 Å². The van der Waals surface area contributed by atoms with Gasteiger partial charge in [0.2, 0.25) is 0 Å². The third-order valence-corrected chi connectivity index (χ3v) is 3.89. The number of pyridine rings is 1. The van der Waals surface area contributed by atoms with E-state index in [0.717, 1.165) is 37.9 Å². The molecular formula is C18H22N2O. The van der Waals surface area contributed by atoms with Crippen molar-refractivity contribution in [3.8, 4) is 0 Å². The number of nitrogens with one attached hydrogen (secondary N) is 1. The molecule has 0 fully saturated rings. The van der Waals surface area contributed by atoms with Crippen molar-refractivity contribution in [3.05, 3.63) is 53.9 Å². The van der Waals surface area contributed by atoms with Gasteiger partial charge in [0, 0.05) is 11.6 Å². The Morgan fingerprint density at radius 2 is 2.29 bits per heavy atom. The number of rotatable bonds is 5. The van der Waals surface area contributed by atoms with Crippen LogP contribution in [0.15, 0.2) is 48.4 Å². The van der Waals surface area contributed by atoms with E-state index in [4.69, 9.17) is 4.74 Å². The molecule has 3 rings (SSSR count). The van der Waals surface area contributed by atoms with Gasteiger partial charge in [0.25, 0.3) is 0 Å². The molecule has 0 aliphatic carbocycles. The molecule has 1 aromatic heterocycles. The van der Waals surface area contributed by atoms with Gasteiger partial charge < -0.3 is 10.1 Å². The molecule has 1 unspecified atom stereocenters. The van der Waals surface area contributed by atoms with Crippen LogP contribution in [0, 0.1) is 0 Å². The lowest BCUT2D eigenvalue weighted by molar-refractivity contribution is 0.219. The number of hydrogen-bond acceptors (Lipinski definition) is 3. The number of nitrogens with zero attached hydrogens (tertiary/aromatic N) is 1. The van der Waals surface area contributed by atoms with Crippen LogP contribution in [0.5, 0.6) is 0 Å². The van der Waals surface area contributed by atoms with Crippen molar-refractivity contribution >= 4 is 10.9 Å². The van der Waals surface area contributed by atoms with Crippen LogP contribution < -0.4 is 5.32 Å². The third kappa shape index (κ3) is 3.24. The molecule has 1 N–H and O–H groups in total. The predicted octanol–water partition coefficient (Wildman–Crippen LogP) is 3.97. The van der Waals surface area contributed by atoms with E-state index < -0.39 is 0 Å². The van der Waals surface area contributed by atoms with Crippen molar-refractivity contribution in [2.45, 2.75) is 32.2 Å². The summed E-state index contributed by atoms with van der Waals surface area (Å²) >= 11 is 0. The fourth-order valence-corrected chi connectivity index (χ4v) is 2.82. The Bertz CT molecular complexity index is 636. The third-order valence-electron chi connectivity index (χ3n) is 3.89. The van der Waals surface area contributed by atoms with E-state index in [1.165, 1.54) is 16.5 Å². The first-order valence-corrected chi connectivity index (χ1v) is 7.77. The summed E-state index contributed by atoms with van der Waals surface area (Å²) in [6, 6.07) is 10.9. The van der Waals surface area contributed by atoms with E-state index in [1.807, 2.05) is 18.5 Å². The van der Waals surface area contributed by atoms with Crippen LogP contribution in [0.2, 0.25) is 0 Å². The Morgan fingerprint density at radius 1 is 1.33 bits per heavy atom. The Kier molecular flexibility index (Phi) is 4.51. The number of benzene rings is 1. The Morgan fingerprint density at radius 3 is 3.10 bits per heavy atom. The van der Waals surface area contributed by atoms with Gasteiger partial charge in [-0.2, -0.15) is 0 Å². The fraction of sp³-hybridized carbons (Fsp3) is 0.389. The van der Waals surface area contributed by atoms with Crippen LogP contribution in [0.4, 0.5) is 0 Å². The molecule has 0 saturated heterocycles. The van der Waals surface area contributed by atoms with E-state index in [2.05, 4.69) is 41.5 Å². The van der Waals surface area contributed by atoms with Gasteiger partial charge >= 0.3 is 0 Å². The summed E-state index contributed by atoms with van der Waals surface area (Å²) in [6.45, 7) is 4.04. The van der Waals surface area contributed by atoms with Gasteiger partial charge in [-0.1, -0.05) is 19.1 Å². The SMILES string of the molecule is CCCNC(C1=COCCC1)c1ccc2ncccc2c1. The van der Waals surface area contributed by atoms with Gasteiger partial charge in [-0.3, -0.25) is 4.98 Å². The van der Waals surface area contributed by atoms with Crippen molar-refractivity contribution in [1.29, 1.82) is 0 Å². The lowest BCUT2D eigenvalue weighted by atomic mass is 9.94. The molecule has 3 heteroatoms. The van der Waals surface area contributed by atoms with Gasteiger partial charge in [-0.05, 0) is 55.1 Å². The standard InChI is InChI=1S/C18H22N2O/c1-2-9-20-18(16-6-4-11-21-13-16)15-7-8-17-14(12-15)5-3-10-19-17/h3,5,7-8,10,12-13,18,20H,2,4,6,9,11H2,1H3. The normalized spacial score (nSPS) is 16.3. The van der Waals surface area contributed by atoms with Gasteiger partial charge in [-0.15, -0.1) is 0 Å². The second-order valence-electron chi connectivity index (χ2n) is 5.51. The Labute approximate surface area is 126 Å². The summed E-state index contributed by atoms with van der Waals surface area (Å²) in [5.41, 5.74) is 3.68. The highest BCUT2D eigenvalue weighted by Crippen LogP contribution is 2.29. The molecule has 0 amide bonds. The zero-order valence-electron chi connectivity index (χ0n) is 12.5. The predicted molar refractivity (Wildman–Crippen MR) is 86.0 cm³/mol. The molecule has 21 heavy (non-hydrogen) atoms. The number of aromatic nitrogens is 1. The number of ether oxygens (including phenoxy) is 1. The monoisotopic (exact) mass is 282 g/mol. The fourth-order valence-electron chi connectivity index (χ4n) is 2.82. The second-order valence-corrected chi connectivity index (χ2v) is 5.51. The maximum atomic E-state index is 5.54. The number of fused-ring (bicyclic) bond motifs is 1. The van der Waals surface area contributed by atoms with E-state index >= 15 is 0 Å². The van der Waals surface area contributed by atoms with Crippen LogP contribution in [-0.4, -0.2) is 18.1 Å². The lowest BCUT2D eigenvalue weighted by Gasteiger charge is -2.25. The highest BCUT2D eigenvalue weighted by Gasteiger charge is 2.18. The summed E-state index contributed by atoms with van der Waals surface area (Å²) < 4.78 is 5.54. The minimum atomic E-state index is 0.245. The van der Waals surface area contributed by atoms with E-state index in [0.29, 0.717) is 0 Å². The van der Waals surface area contributed by atoms with Crippen molar-refractivity contribution < 1.29 is 4.74 Å². The van der Waals surface area contributed by atoms with Crippen LogP contribution in [0.3, 0.4) is 0 Å². The maximum absolute atomic E-state index is 5.54. The molecule has 0 radical (unpaired) electrons. The van der Waals surface area contributed by atoms with Crippen LogP contribution in [0.25, 0.3) is 10.9 Å². The summed E-state index contributed by atoms with van der Waals surface area (Å²) in [7, 11) is 0. The van der Waals surface area contributed by atoms with Gasteiger partial charge in [0.1, 0.15) is 0 Å². The molecule has 2 aromatic rings. The molecule has 2 heterocycles. The molecule has 1 aliphatic rings. The van der Waals surface area contributed by atoms with Crippen molar-refractivity contribution in [3.63, 3.8) is 0 Å². The smallest absolute Gasteiger partial charge is 0.0876 e. The largest absolute Gasteiger partial charge is 0.501 e. The molecule has 0 spiro atoms. The summed E-state index contributed by atoms with van der Waals surface area (Å²) in [4.78, 5) is 4.40. The van der Waals surface area contributed by atoms with Crippen LogP contribution in [0.1, 0.15) is 37.8 Å². The van der Waals surface area contributed by atoms with Gasteiger partial charge in [0.15, 0.2) is 0 Å². The van der Waals surface area contributed by atoms with Gasteiger partial charge in [-0.25, -0.2) is 0 Å². The molecule has 1 atom stereocenters. The van der Waals surface area contributed by atoms with E-state index in [9.17, 15) is 0 Å². The average Bonchev–Trinajstić information content (AvgIpc) is 2.56. The quantitative estimate of drug-likeness (QED) is 0.901. The molecule has 0 saturated carbocycles. The Hall–Kier alpha value is -1.87. The number of hydrogen-bond donors (Lipinski definition) is 1. The zero-order chi connectivity index (χ0) is 14.5. The Balaban J connectivity index is 1.94. The van der Waals surface area contributed by atoms with Crippen molar-refractivity contribution in [1.82, 2.24) is 10.3 Å². The van der Waals surface area contributed by atoms with E-state index in [1.54, 1.807) is 0 Å². The molecular weight excluding hydrogens is 260 g/mol. The summed E-state index contributed by atoms with van der Waals surface area (Å²) in [6.07, 6.45) is 7.12. The summed E-state index contributed by atoms with van der Waals surface area (Å²) in [5, 5.41) is 4.84. The van der Waals surface area contributed by atoms with Crippen molar-refractivity contribution in [2.75, 3.05) is 13.2 Å². The lowest BCUT2D eigenvalue weighted by Crippen LogP contribution is -2.25. The molecule has 110 valence electrons. The molecule has 1 aliphatic heterocycles. The first-order valence-electron chi connectivity index (χ1n) is 7.77. The molecule has 1 aromatic carbocycles. The van der Waals surface area contributed by atoms with Crippen molar-refractivity contribution in [2.24, 2.45) is 0 Å². The molecule has 0 bridgehead atoms. The first kappa shape index (κ1) is 14.1. The average molecular weight is 282 g/mol. The van der Waals surface area contributed by atoms with Crippen LogP contribution >= 0.6 is 0 Å². The topological polar surface area (TPSA) is 34.1 Å². The minimum absolute atomic E-state index is 0.245. The summed E-state index contributed by atoms with van der Waals surface area (Å²) in [5.74, 6) is 0. The van der Waals surface area contributed by atoms with Gasteiger partial charge in [0.05, 0.1) is 24.4 Å². The highest BCUT2D eigenvalue weighted by atomic mass is 16.5. The second kappa shape index (κ2) is 6.72. The maximum Gasteiger partial charge on any atom is 0.0876 e.